The molecule has 1 aromatic carbocycles. The highest BCUT2D eigenvalue weighted by molar-refractivity contribution is 5.85. The van der Waals surface area contributed by atoms with Crippen molar-refractivity contribution >= 4 is 18.4 Å². The molecule has 0 amide bonds. The molecule has 2 aliphatic rings. The van der Waals surface area contributed by atoms with Gasteiger partial charge in [-0.05, 0) is 45.0 Å². The van der Waals surface area contributed by atoms with E-state index >= 15 is 0 Å². The number of likely N-dealkylation sites (tertiary alicyclic amines) is 1. The second-order valence-corrected chi connectivity index (χ2v) is 6.15. The lowest BCUT2D eigenvalue weighted by molar-refractivity contribution is -0.149. The molecule has 1 aromatic rings. The van der Waals surface area contributed by atoms with Crippen LogP contribution in [0.3, 0.4) is 0 Å². The van der Waals surface area contributed by atoms with Crippen molar-refractivity contribution in [2.45, 2.75) is 32.3 Å². The maximum Gasteiger partial charge on any atom is 0.309 e. The van der Waals surface area contributed by atoms with Gasteiger partial charge in [-0.1, -0.05) is 12.1 Å². The molecule has 1 unspecified atom stereocenters. The molecule has 6 heteroatoms. The number of fused-ring (bicyclic) bond motifs is 1. The van der Waals surface area contributed by atoms with Gasteiger partial charge in [-0.15, -0.1) is 12.4 Å². The van der Waals surface area contributed by atoms with Gasteiger partial charge in [0.1, 0.15) is 12.7 Å². The number of carbonyl (C=O) groups is 1. The number of hydrogen-bond acceptors (Lipinski definition) is 5. The van der Waals surface area contributed by atoms with Crippen LogP contribution in [0.25, 0.3) is 0 Å². The Morgan fingerprint density at radius 1 is 1.25 bits per heavy atom. The van der Waals surface area contributed by atoms with Crippen LogP contribution >= 0.6 is 12.4 Å². The van der Waals surface area contributed by atoms with E-state index in [0.29, 0.717) is 13.2 Å². The smallest absolute Gasteiger partial charge is 0.309 e. The van der Waals surface area contributed by atoms with Crippen molar-refractivity contribution in [2.75, 3.05) is 32.8 Å². The predicted octanol–water partition coefficient (Wildman–Crippen LogP) is 2.91. The highest BCUT2D eigenvalue weighted by Crippen LogP contribution is 2.31. The van der Waals surface area contributed by atoms with E-state index in [0.717, 1.165) is 50.4 Å². The number of rotatable bonds is 5. The fraction of sp³-hybridized carbons (Fsp3) is 0.611. The van der Waals surface area contributed by atoms with Crippen molar-refractivity contribution in [1.82, 2.24) is 4.90 Å². The molecule has 3 rings (SSSR count). The van der Waals surface area contributed by atoms with Crippen LogP contribution < -0.4 is 9.47 Å². The molecule has 2 aliphatic heterocycles. The van der Waals surface area contributed by atoms with Crippen molar-refractivity contribution in [3.8, 4) is 11.5 Å². The lowest BCUT2D eigenvalue weighted by Gasteiger charge is -2.32. The summed E-state index contributed by atoms with van der Waals surface area (Å²) in [5, 5.41) is 0. The Bertz CT molecular complexity index is 532. The minimum absolute atomic E-state index is 0. The van der Waals surface area contributed by atoms with Gasteiger partial charge < -0.3 is 19.1 Å². The van der Waals surface area contributed by atoms with Crippen LogP contribution in [-0.4, -0.2) is 49.8 Å². The largest absolute Gasteiger partial charge is 0.486 e. The number of esters is 1. The zero-order valence-electron chi connectivity index (χ0n) is 14.1. The molecule has 0 saturated carbocycles. The zero-order valence-corrected chi connectivity index (χ0v) is 14.9. The second kappa shape index (κ2) is 9.14. The molecule has 1 fully saturated rings. The van der Waals surface area contributed by atoms with E-state index in [1.807, 2.05) is 31.2 Å². The Balaban J connectivity index is 0.00000208. The third-order valence-corrected chi connectivity index (χ3v) is 4.54. The van der Waals surface area contributed by atoms with Crippen molar-refractivity contribution in [3.63, 3.8) is 0 Å². The van der Waals surface area contributed by atoms with Gasteiger partial charge in [0, 0.05) is 13.0 Å². The van der Waals surface area contributed by atoms with E-state index in [4.69, 9.17) is 14.2 Å². The number of nitrogens with zero attached hydrogens (tertiary/aromatic N) is 1. The molecule has 0 aliphatic carbocycles. The van der Waals surface area contributed by atoms with Gasteiger partial charge in [-0.25, -0.2) is 0 Å². The number of halogens is 1. The molecule has 5 nitrogen and oxygen atoms in total. The highest BCUT2D eigenvalue weighted by atomic mass is 35.5. The summed E-state index contributed by atoms with van der Waals surface area (Å²) in [6.45, 7) is 5.82. The normalized spacial score (nSPS) is 21.0. The molecule has 24 heavy (non-hydrogen) atoms. The van der Waals surface area contributed by atoms with Crippen LogP contribution in [0.5, 0.6) is 11.5 Å². The maximum absolute atomic E-state index is 11.7. The Morgan fingerprint density at radius 2 is 1.96 bits per heavy atom. The first kappa shape index (κ1) is 18.9. The van der Waals surface area contributed by atoms with Crippen LogP contribution in [0.4, 0.5) is 0 Å². The van der Waals surface area contributed by atoms with Gasteiger partial charge in [0.25, 0.3) is 0 Å². The standard InChI is InChI=1S/C18H25NO4.ClH/c1-2-21-18(20)14-7-10-19(11-8-14)12-9-15-13-22-16-5-3-4-6-17(16)23-15;/h3-6,14-15H,2,7-13H2,1H3;1H. The molecule has 0 aromatic heterocycles. The van der Waals surface area contributed by atoms with Crippen LogP contribution in [0, 0.1) is 5.92 Å². The van der Waals surface area contributed by atoms with Gasteiger partial charge in [-0.2, -0.15) is 0 Å². The van der Waals surface area contributed by atoms with Crippen molar-refractivity contribution in [2.24, 2.45) is 5.92 Å². The molecular formula is C18H26ClNO4. The molecule has 1 atom stereocenters. The van der Waals surface area contributed by atoms with Gasteiger partial charge in [0.05, 0.1) is 12.5 Å². The molecule has 0 radical (unpaired) electrons. The number of para-hydroxylation sites is 2. The van der Waals surface area contributed by atoms with Gasteiger partial charge in [-0.3, -0.25) is 4.79 Å². The number of hydrogen-bond donors (Lipinski definition) is 0. The van der Waals surface area contributed by atoms with Gasteiger partial charge >= 0.3 is 5.97 Å². The van der Waals surface area contributed by atoms with Crippen LogP contribution in [-0.2, 0) is 9.53 Å². The zero-order chi connectivity index (χ0) is 16.1. The molecule has 0 bridgehead atoms. The van der Waals surface area contributed by atoms with Crippen molar-refractivity contribution in [3.05, 3.63) is 24.3 Å². The fourth-order valence-electron chi connectivity index (χ4n) is 3.18. The number of ether oxygens (including phenoxy) is 3. The van der Waals surface area contributed by atoms with E-state index in [2.05, 4.69) is 4.90 Å². The minimum Gasteiger partial charge on any atom is -0.486 e. The highest BCUT2D eigenvalue weighted by Gasteiger charge is 2.27. The predicted molar refractivity (Wildman–Crippen MR) is 94.0 cm³/mol. The first-order chi connectivity index (χ1) is 11.3. The van der Waals surface area contributed by atoms with E-state index in [9.17, 15) is 4.79 Å². The van der Waals surface area contributed by atoms with Crippen molar-refractivity contribution < 1.29 is 19.0 Å². The third-order valence-electron chi connectivity index (χ3n) is 4.54. The van der Waals surface area contributed by atoms with E-state index in [-0.39, 0.29) is 30.4 Å². The van der Waals surface area contributed by atoms with E-state index in [1.54, 1.807) is 0 Å². The number of piperidine rings is 1. The SMILES string of the molecule is CCOC(=O)C1CCN(CCC2COc3ccccc3O2)CC1.Cl. The molecule has 134 valence electrons. The van der Waals surface area contributed by atoms with Crippen molar-refractivity contribution in [1.29, 1.82) is 0 Å². The van der Waals surface area contributed by atoms with E-state index < -0.39 is 0 Å². The summed E-state index contributed by atoms with van der Waals surface area (Å²) in [4.78, 5) is 14.2. The summed E-state index contributed by atoms with van der Waals surface area (Å²) < 4.78 is 16.8. The monoisotopic (exact) mass is 355 g/mol. The molecule has 1 saturated heterocycles. The maximum atomic E-state index is 11.7. The summed E-state index contributed by atoms with van der Waals surface area (Å²) in [5.41, 5.74) is 0. The number of benzene rings is 1. The van der Waals surface area contributed by atoms with Crippen LogP contribution in [0.2, 0.25) is 0 Å². The summed E-state index contributed by atoms with van der Waals surface area (Å²) in [6, 6.07) is 7.80. The van der Waals surface area contributed by atoms with Gasteiger partial charge in [0.15, 0.2) is 11.5 Å². The lowest BCUT2D eigenvalue weighted by Crippen LogP contribution is -2.40. The van der Waals surface area contributed by atoms with Crippen LogP contribution in [0.15, 0.2) is 24.3 Å². The summed E-state index contributed by atoms with van der Waals surface area (Å²) in [7, 11) is 0. The van der Waals surface area contributed by atoms with Crippen LogP contribution in [0.1, 0.15) is 26.2 Å². The Kier molecular flexibility index (Phi) is 7.18. The second-order valence-electron chi connectivity index (χ2n) is 6.15. The van der Waals surface area contributed by atoms with E-state index in [1.165, 1.54) is 0 Å². The molecule has 0 N–H and O–H groups in total. The average molecular weight is 356 g/mol. The quantitative estimate of drug-likeness (QED) is 0.760. The summed E-state index contributed by atoms with van der Waals surface area (Å²) in [5.74, 6) is 1.71. The molecule has 2 heterocycles. The molecule has 0 spiro atoms. The average Bonchev–Trinajstić information content (AvgIpc) is 2.60. The Hall–Kier alpha value is -1.46. The summed E-state index contributed by atoms with van der Waals surface area (Å²) in [6.07, 6.45) is 2.83. The molecular weight excluding hydrogens is 330 g/mol. The topological polar surface area (TPSA) is 48.0 Å². The third kappa shape index (κ3) is 4.77. The number of carbonyl (C=O) groups excluding carboxylic acids is 1. The summed E-state index contributed by atoms with van der Waals surface area (Å²) >= 11 is 0. The fourth-order valence-corrected chi connectivity index (χ4v) is 3.18. The lowest BCUT2D eigenvalue weighted by atomic mass is 9.97. The van der Waals surface area contributed by atoms with Gasteiger partial charge in [0.2, 0.25) is 0 Å². The first-order valence-electron chi connectivity index (χ1n) is 8.53. The minimum atomic E-state index is -0.0345. The Labute approximate surface area is 149 Å². The first-order valence-corrected chi connectivity index (χ1v) is 8.53. The Morgan fingerprint density at radius 3 is 2.67 bits per heavy atom.